The van der Waals surface area contributed by atoms with E-state index in [0.29, 0.717) is 37.2 Å². The van der Waals surface area contributed by atoms with Crippen LogP contribution in [0.25, 0.3) is 0 Å². The number of hydrogen-bond donors (Lipinski definition) is 2. The third-order valence-corrected chi connectivity index (χ3v) is 5.60. The molecule has 7 heteroatoms. The lowest BCUT2D eigenvalue weighted by Gasteiger charge is -2.38. The molecule has 2 aromatic rings. The van der Waals surface area contributed by atoms with Crippen LogP contribution < -0.4 is 15.4 Å². The number of likely N-dealkylation sites (tertiary alicyclic amines) is 1. The summed E-state index contributed by atoms with van der Waals surface area (Å²) in [6, 6.07) is 15.0. The molecule has 0 bridgehead atoms. The molecule has 2 aliphatic heterocycles. The van der Waals surface area contributed by atoms with Gasteiger partial charge in [0.15, 0.2) is 5.72 Å². The number of para-hydroxylation sites is 1. The van der Waals surface area contributed by atoms with E-state index >= 15 is 0 Å². The first kappa shape index (κ1) is 19.9. The molecule has 2 aliphatic rings. The number of carbonyl (C=O) groups excluding carboxylic acids is 3. The minimum atomic E-state index is -0.922. The largest absolute Gasteiger partial charge is 0.467 e. The molecule has 0 aromatic heterocycles. The van der Waals surface area contributed by atoms with Gasteiger partial charge in [-0.25, -0.2) is 0 Å². The Morgan fingerprint density at radius 3 is 2.70 bits per heavy atom. The molecule has 7 nitrogen and oxygen atoms in total. The van der Waals surface area contributed by atoms with Crippen LogP contribution >= 0.6 is 0 Å². The van der Waals surface area contributed by atoms with E-state index in [2.05, 4.69) is 10.6 Å². The van der Waals surface area contributed by atoms with Crippen LogP contribution in [-0.4, -0.2) is 41.4 Å². The normalized spacial score (nSPS) is 20.8. The summed E-state index contributed by atoms with van der Waals surface area (Å²) >= 11 is 0. The van der Waals surface area contributed by atoms with Crippen molar-refractivity contribution in [2.75, 3.05) is 13.1 Å². The molecule has 1 saturated heterocycles. The van der Waals surface area contributed by atoms with E-state index in [1.165, 1.54) is 4.90 Å². The lowest BCUT2D eigenvalue weighted by Crippen LogP contribution is -2.56. The van der Waals surface area contributed by atoms with Crippen LogP contribution in [0.15, 0.2) is 48.5 Å². The smallest absolute Gasteiger partial charge is 0.258 e. The molecule has 1 unspecified atom stereocenters. The number of rotatable bonds is 4. The molecule has 156 valence electrons. The van der Waals surface area contributed by atoms with Crippen molar-refractivity contribution in [3.63, 3.8) is 0 Å². The number of amides is 3. The fraction of sp³-hybridized carbons (Fsp3) is 0.348. The number of fused-ring (bicyclic) bond motifs is 1. The molecule has 1 fully saturated rings. The molecule has 4 rings (SSSR count). The second-order valence-electron chi connectivity index (χ2n) is 7.87. The molecule has 2 heterocycles. The number of nitrogens with one attached hydrogen (secondary N) is 2. The molecular weight excluding hydrogens is 382 g/mol. The molecule has 0 saturated carbocycles. The number of hydrogen-bond acceptors (Lipinski definition) is 4. The summed E-state index contributed by atoms with van der Waals surface area (Å²) < 4.78 is 6.12. The van der Waals surface area contributed by atoms with Crippen molar-refractivity contribution >= 4 is 17.7 Å². The lowest BCUT2D eigenvalue weighted by molar-refractivity contribution is -0.135. The van der Waals surface area contributed by atoms with Crippen molar-refractivity contribution in [3.05, 3.63) is 65.2 Å². The highest BCUT2D eigenvalue weighted by Crippen LogP contribution is 2.33. The highest BCUT2D eigenvalue weighted by molar-refractivity contribution is 5.98. The maximum atomic E-state index is 12.6. The van der Waals surface area contributed by atoms with Gasteiger partial charge < -0.3 is 20.3 Å². The minimum absolute atomic E-state index is 0.00862. The number of carbonyl (C=O) groups is 3. The van der Waals surface area contributed by atoms with E-state index in [1.54, 1.807) is 18.2 Å². The van der Waals surface area contributed by atoms with Gasteiger partial charge in [-0.15, -0.1) is 0 Å². The summed E-state index contributed by atoms with van der Waals surface area (Å²) in [5.41, 5.74) is 1.74. The van der Waals surface area contributed by atoms with Crippen molar-refractivity contribution in [1.29, 1.82) is 0 Å². The lowest BCUT2D eigenvalue weighted by atomic mass is 10.0. The average molecular weight is 407 g/mol. The van der Waals surface area contributed by atoms with E-state index in [9.17, 15) is 14.4 Å². The van der Waals surface area contributed by atoms with Crippen molar-refractivity contribution in [2.45, 2.75) is 38.5 Å². The Morgan fingerprint density at radius 2 is 1.90 bits per heavy atom. The Hall–Kier alpha value is -3.35. The van der Waals surface area contributed by atoms with Crippen molar-refractivity contribution in [3.8, 4) is 5.75 Å². The Labute approximate surface area is 175 Å². The molecule has 30 heavy (non-hydrogen) atoms. The molecule has 2 aromatic carbocycles. The Balaban J connectivity index is 1.36. The molecule has 0 aliphatic carbocycles. The third-order valence-electron chi connectivity index (χ3n) is 5.60. The highest BCUT2D eigenvalue weighted by atomic mass is 16.5. The second kappa shape index (κ2) is 8.18. The Morgan fingerprint density at radius 1 is 1.13 bits per heavy atom. The molecule has 3 amide bonds. The SMILES string of the molecule is Cc1ccc(CNC(=O)CN2CCC3(CCC2=O)NC(=O)c2ccccc2O3)cc1. The average Bonchev–Trinajstić information content (AvgIpc) is 2.88. The molecule has 2 N–H and O–H groups in total. The van der Waals surface area contributed by atoms with E-state index < -0.39 is 5.72 Å². The topological polar surface area (TPSA) is 87.7 Å². The Bertz CT molecular complexity index is 973. The van der Waals surface area contributed by atoms with Gasteiger partial charge in [-0.1, -0.05) is 42.0 Å². The number of ether oxygens (including phenoxy) is 1. The number of nitrogens with zero attached hydrogens (tertiary/aromatic N) is 1. The van der Waals surface area contributed by atoms with E-state index in [1.807, 2.05) is 37.3 Å². The standard InChI is InChI=1S/C23H25N3O4/c1-16-6-8-17(9-7-16)14-24-20(27)15-26-13-12-23(11-10-21(26)28)25-22(29)18-4-2-3-5-19(18)30-23/h2-9H,10-15H2,1H3,(H,24,27)(H,25,29). The van der Waals surface area contributed by atoms with Gasteiger partial charge >= 0.3 is 0 Å². The first-order valence-electron chi connectivity index (χ1n) is 10.1. The zero-order chi connectivity index (χ0) is 21.1. The fourth-order valence-corrected chi connectivity index (χ4v) is 3.82. The summed E-state index contributed by atoms with van der Waals surface area (Å²) in [6.07, 6.45) is 0.991. The highest BCUT2D eigenvalue weighted by Gasteiger charge is 2.42. The molecule has 0 radical (unpaired) electrons. The van der Waals surface area contributed by atoms with Gasteiger partial charge in [0.25, 0.3) is 5.91 Å². The Kier molecular flexibility index (Phi) is 5.44. The third kappa shape index (κ3) is 4.30. The van der Waals surface area contributed by atoms with Gasteiger partial charge in [0.1, 0.15) is 5.75 Å². The van der Waals surface area contributed by atoms with Gasteiger partial charge in [0, 0.05) is 32.4 Å². The van der Waals surface area contributed by atoms with Gasteiger partial charge in [-0.2, -0.15) is 0 Å². The maximum Gasteiger partial charge on any atom is 0.258 e. The van der Waals surface area contributed by atoms with Gasteiger partial charge in [0.2, 0.25) is 11.8 Å². The van der Waals surface area contributed by atoms with Gasteiger partial charge in [-0.3, -0.25) is 14.4 Å². The predicted octanol–water partition coefficient (Wildman–Crippen LogP) is 2.14. The van der Waals surface area contributed by atoms with Crippen molar-refractivity contribution in [1.82, 2.24) is 15.5 Å². The van der Waals surface area contributed by atoms with E-state index in [0.717, 1.165) is 11.1 Å². The zero-order valence-corrected chi connectivity index (χ0v) is 16.9. The van der Waals surface area contributed by atoms with Crippen LogP contribution in [0.1, 0.15) is 40.7 Å². The monoisotopic (exact) mass is 407 g/mol. The summed E-state index contributed by atoms with van der Waals surface area (Å²) in [7, 11) is 0. The van der Waals surface area contributed by atoms with Crippen LogP contribution in [0.2, 0.25) is 0 Å². The first-order chi connectivity index (χ1) is 14.4. The number of benzene rings is 2. The second-order valence-corrected chi connectivity index (χ2v) is 7.87. The first-order valence-corrected chi connectivity index (χ1v) is 10.1. The molecular formula is C23H25N3O4. The van der Waals surface area contributed by atoms with Gasteiger partial charge in [-0.05, 0) is 24.6 Å². The summed E-state index contributed by atoms with van der Waals surface area (Å²) in [5, 5.41) is 5.80. The summed E-state index contributed by atoms with van der Waals surface area (Å²) in [4.78, 5) is 39.0. The summed E-state index contributed by atoms with van der Waals surface area (Å²) in [5.74, 6) is -0.000494. The van der Waals surface area contributed by atoms with E-state index in [4.69, 9.17) is 4.74 Å². The number of aryl methyl sites for hydroxylation is 1. The fourth-order valence-electron chi connectivity index (χ4n) is 3.82. The summed E-state index contributed by atoms with van der Waals surface area (Å²) in [6.45, 7) is 2.75. The minimum Gasteiger partial charge on any atom is -0.467 e. The molecule has 1 atom stereocenters. The van der Waals surface area contributed by atoms with Gasteiger partial charge in [0.05, 0.1) is 12.1 Å². The van der Waals surface area contributed by atoms with Crippen LogP contribution in [0.4, 0.5) is 0 Å². The molecule has 1 spiro atoms. The maximum absolute atomic E-state index is 12.6. The van der Waals surface area contributed by atoms with E-state index in [-0.39, 0.29) is 30.7 Å². The van der Waals surface area contributed by atoms with Crippen LogP contribution in [-0.2, 0) is 16.1 Å². The van der Waals surface area contributed by atoms with Crippen LogP contribution in [0, 0.1) is 6.92 Å². The quantitative estimate of drug-likeness (QED) is 0.813. The van der Waals surface area contributed by atoms with Crippen molar-refractivity contribution < 1.29 is 19.1 Å². The zero-order valence-electron chi connectivity index (χ0n) is 16.9. The van der Waals surface area contributed by atoms with Crippen LogP contribution in [0.5, 0.6) is 5.75 Å². The van der Waals surface area contributed by atoms with Crippen LogP contribution in [0.3, 0.4) is 0 Å². The van der Waals surface area contributed by atoms with Crippen molar-refractivity contribution in [2.24, 2.45) is 0 Å². The predicted molar refractivity (Wildman–Crippen MR) is 111 cm³/mol.